The molecule has 0 bridgehead atoms. The number of rotatable bonds is 4. The van der Waals surface area contributed by atoms with Gasteiger partial charge in [0.05, 0.1) is 10.7 Å². The summed E-state index contributed by atoms with van der Waals surface area (Å²) in [6.07, 6.45) is 0. The third-order valence-electron chi connectivity index (χ3n) is 1.94. The summed E-state index contributed by atoms with van der Waals surface area (Å²) in [4.78, 5) is 15.4. The lowest BCUT2D eigenvalue weighted by atomic mass is 10.2. The maximum atomic E-state index is 10.8. The predicted molar refractivity (Wildman–Crippen MR) is 56.2 cm³/mol. The van der Waals surface area contributed by atoms with Gasteiger partial charge in [0.25, 0.3) is 0 Å². The highest BCUT2D eigenvalue weighted by Crippen LogP contribution is 2.24. The van der Waals surface area contributed by atoms with Crippen LogP contribution in [0.4, 0.5) is 0 Å². The molecule has 78 valence electrons. The second-order valence-electron chi connectivity index (χ2n) is 3.23. The van der Waals surface area contributed by atoms with Gasteiger partial charge < -0.3 is 10.4 Å². The number of carboxylic acid groups (broad SMARTS) is 1. The Morgan fingerprint density at radius 1 is 1.71 bits per heavy atom. The molecule has 1 heterocycles. The lowest BCUT2D eigenvalue weighted by Gasteiger charge is -2.05. The molecule has 1 aromatic rings. The summed E-state index contributed by atoms with van der Waals surface area (Å²) >= 11 is 1.26. The SMILES string of the molecule is CNCC(C)c1nc(C)c(C(=O)O)s1. The van der Waals surface area contributed by atoms with Crippen LogP contribution in [0, 0.1) is 6.92 Å². The average molecular weight is 214 g/mol. The fourth-order valence-corrected chi connectivity index (χ4v) is 2.18. The number of aryl methyl sites for hydroxylation is 1. The van der Waals surface area contributed by atoms with Crippen molar-refractivity contribution in [3.05, 3.63) is 15.6 Å². The molecule has 1 unspecified atom stereocenters. The van der Waals surface area contributed by atoms with Crippen LogP contribution < -0.4 is 5.32 Å². The fourth-order valence-electron chi connectivity index (χ4n) is 1.22. The number of carboxylic acids is 1. The van der Waals surface area contributed by atoms with Crippen molar-refractivity contribution in [1.29, 1.82) is 0 Å². The van der Waals surface area contributed by atoms with Crippen molar-refractivity contribution >= 4 is 17.3 Å². The molecular formula is C9H14N2O2S. The predicted octanol–water partition coefficient (Wildman–Crippen LogP) is 1.47. The molecule has 0 saturated heterocycles. The summed E-state index contributed by atoms with van der Waals surface area (Å²) in [7, 11) is 1.87. The molecule has 1 aromatic heterocycles. The number of hydrogen-bond donors (Lipinski definition) is 2. The molecule has 0 fully saturated rings. The van der Waals surface area contributed by atoms with Gasteiger partial charge in [0.1, 0.15) is 4.88 Å². The van der Waals surface area contributed by atoms with Gasteiger partial charge in [0.2, 0.25) is 0 Å². The molecule has 0 radical (unpaired) electrons. The van der Waals surface area contributed by atoms with Crippen LogP contribution in [0.15, 0.2) is 0 Å². The zero-order chi connectivity index (χ0) is 10.7. The third kappa shape index (κ3) is 2.30. The van der Waals surface area contributed by atoms with E-state index in [4.69, 9.17) is 5.11 Å². The van der Waals surface area contributed by atoms with E-state index in [9.17, 15) is 4.79 Å². The molecule has 2 N–H and O–H groups in total. The standard InChI is InChI=1S/C9H14N2O2S/c1-5(4-10-3)8-11-6(2)7(14-8)9(12)13/h5,10H,4H2,1-3H3,(H,12,13). The molecule has 0 amide bonds. The van der Waals surface area contributed by atoms with Gasteiger partial charge in [0.15, 0.2) is 0 Å². The Balaban J connectivity index is 2.90. The zero-order valence-electron chi connectivity index (χ0n) is 8.50. The molecule has 0 aliphatic rings. The Morgan fingerprint density at radius 2 is 2.36 bits per heavy atom. The smallest absolute Gasteiger partial charge is 0.347 e. The third-order valence-corrected chi connectivity index (χ3v) is 3.32. The minimum atomic E-state index is -0.886. The second kappa shape index (κ2) is 4.52. The lowest BCUT2D eigenvalue weighted by molar-refractivity contribution is 0.0701. The zero-order valence-corrected chi connectivity index (χ0v) is 9.31. The number of thiazole rings is 1. The van der Waals surface area contributed by atoms with Crippen LogP contribution in [0.3, 0.4) is 0 Å². The molecule has 14 heavy (non-hydrogen) atoms. The first-order chi connectivity index (χ1) is 6.56. The maximum absolute atomic E-state index is 10.8. The van der Waals surface area contributed by atoms with E-state index in [2.05, 4.69) is 10.3 Å². The van der Waals surface area contributed by atoms with Crippen molar-refractivity contribution in [2.24, 2.45) is 0 Å². The van der Waals surface area contributed by atoms with Crippen LogP contribution in [-0.2, 0) is 0 Å². The first-order valence-electron chi connectivity index (χ1n) is 4.41. The van der Waals surface area contributed by atoms with Crippen molar-refractivity contribution in [3.8, 4) is 0 Å². The van der Waals surface area contributed by atoms with Crippen molar-refractivity contribution in [1.82, 2.24) is 10.3 Å². The first-order valence-corrected chi connectivity index (χ1v) is 5.23. The van der Waals surface area contributed by atoms with Crippen LogP contribution >= 0.6 is 11.3 Å². The normalized spacial score (nSPS) is 12.8. The van der Waals surface area contributed by atoms with Gasteiger partial charge in [-0.15, -0.1) is 11.3 Å². The largest absolute Gasteiger partial charge is 0.477 e. The number of nitrogens with one attached hydrogen (secondary N) is 1. The number of aromatic carboxylic acids is 1. The van der Waals surface area contributed by atoms with Gasteiger partial charge in [-0.25, -0.2) is 9.78 Å². The number of aromatic nitrogens is 1. The van der Waals surface area contributed by atoms with Gasteiger partial charge in [-0.2, -0.15) is 0 Å². The van der Waals surface area contributed by atoms with E-state index in [0.717, 1.165) is 11.6 Å². The summed E-state index contributed by atoms with van der Waals surface area (Å²) < 4.78 is 0. The number of hydrogen-bond acceptors (Lipinski definition) is 4. The fraction of sp³-hybridized carbons (Fsp3) is 0.556. The number of carbonyl (C=O) groups is 1. The van der Waals surface area contributed by atoms with Gasteiger partial charge in [-0.3, -0.25) is 0 Å². The number of nitrogens with zero attached hydrogens (tertiary/aromatic N) is 1. The second-order valence-corrected chi connectivity index (χ2v) is 4.26. The molecular weight excluding hydrogens is 200 g/mol. The van der Waals surface area contributed by atoms with Crippen molar-refractivity contribution in [2.45, 2.75) is 19.8 Å². The van der Waals surface area contributed by atoms with E-state index in [-0.39, 0.29) is 5.92 Å². The molecule has 0 aliphatic heterocycles. The minimum Gasteiger partial charge on any atom is -0.477 e. The number of likely N-dealkylation sites (N-methyl/N-ethyl adjacent to an activating group) is 1. The molecule has 1 atom stereocenters. The summed E-state index contributed by atoms with van der Waals surface area (Å²) in [6, 6.07) is 0. The van der Waals surface area contributed by atoms with Gasteiger partial charge >= 0.3 is 5.97 Å². The molecule has 0 aromatic carbocycles. The molecule has 5 heteroatoms. The molecule has 4 nitrogen and oxygen atoms in total. The van der Waals surface area contributed by atoms with Crippen LogP contribution in [0.1, 0.15) is 33.2 Å². The highest BCUT2D eigenvalue weighted by Gasteiger charge is 2.17. The molecule has 0 aliphatic carbocycles. The topological polar surface area (TPSA) is 62.2 Å². The summed E-state index contributed by atoms with van der Waals surface area (Å²) in [5.74, 6) is -0.625. The Kier molecular flexibility index (Phi) is 3.60. The highest BCUT2D eigenvalue weighted by molar-refractivity contribution is 7.13. The Bertz CT molecular complexity index is 336. The van der Waals surface area contributed by atoms with Gasteiger partial charge in [0, 0.05) is 12.5 Å². The summed E-state index contributed by atoms with van der Waals surface area (Å²) in [6.45, 7) is 4.57. The Labute approximate surface area is 87.0 Å². The van der Waals surface area contributed by atoms with Crippen molar-refractivity contribution < 1.29 is 9.90 Å². The van der Waals surface area contributed by atoms with Crippen LogP contribution in [0.5, 0.6) is 0 Å². The summed E-state index contributed by atoms with van der Waals surface area (Å²) in [5.41, 5.74) is 0.612. The van der Waals surface area contributed by atoms with Crippen LogP contribution in [-0.4, -0.2) is 29.7 Å². The highest BCUT2D eigenvalue weighted by atomic mass is 32.1. The Morgan fingerprint density at radius 3 is 2.79 bits per heavy atom. The minimum absolute atomic E-state index is 0.261. The maximum Gasteiger partial charge on any atom is 0.347 e. The van der Waals surface area contributed by atoms with E-state index in [1.54, 1.807) is 6.92 Å². The van der Waals surface area contributed by atoms with Crippen LogP contribution in [0.25, 0.3) is 0 Å². The van der Waals surface area contributed by atoms with E-state index in [0.29, 0.717) is 10.6 Å². The monoisotopic (exact) mass is 214 g/mol. The van der Waals surface area contributed by atoms with Gasteiger partial charge in [-0.05, 0) is 14.0 Å². The molecule has 0 spiro atoms. The van der Waals surface area contributed by atoms with Crippen molar-refractivity contribution in [2.75, 3.05) is 13.6 Å². The van der Waals surface area contributed by atoms with Gasteiger partial charge in [-0.1, -0.05) is 6.92 Å². The quantitative estimate of drug-likeness (QED) is 0.796. The van der Waals surface area contributed by atoms with E-state index < -0.39 is 5.97 Å². The lowest BCUT2D eigenvalue weighted by Crippen LogP contribution is -2.14. The Hall–Kier alpha value is -0.940. The van der Waals surface area contributed by atoms with E-state index in [1.807, 2.05) is 14.0 Å². The van der Waals surface area contributed by atoms with Crippen molar-refractivity contribution in [3.63, 3.8) is 0 Å². The first kappa shape index (κ1) is 11.1. The van der Waals surface area contributed by atoms with E-state index in [1.165, 1.54) is 11.3 Å². The molecule has 1 rings (SSSR count). The van der Waals surface area contributed by atoms with E-state index >= 15 is 0 Å². The average Bonchev–Trinajstić information content (AvgIpc) is 2.48. The summed E-state index contributed by atoms with van der Waals surface area (Å²) in [5, 5.41) is 12.8. The molecule has 0 saturated carbocycles. The van der Waals surface area contributed by atoms with Crippen LogP contribution in [0.2, 0.25) is 0 Å².